The molecule has 0 fully saturated rings. The maximum atomic E-state index is 10.8. The smallest absolute Gasteiger partial charge is 0.150 e. The molecule has 2 rings (SSSR count). The molecule has 0 saturated carbocycles. The Hall–Kier alpha value is -2.06. The molecule has 1 unspecified atom stereocenters. The van der Waals surface area contributed by atoms with Crippen molar-refractivity contribution >= 4 is 17.9 Å². The number of aldehydes is 1. The highest BCUT2D eigenvalue weighted by Gasteiger charge is 2.08. The Balaban J connectivity index is 2.10. The highest BCUT2D eigenvalue weighted by Crippen LogP contribution is 2.17. The van der Waals surface area contributed by atoms with Gasteiger partial charge in [-0.1, -0.05) is 54.1 Å². The second-order valence-electron chi connectivity index (χ2n) is 4.35. The van der Waals surface area contributed by atoms with E-state index in [-0.39, 0.29) is 6.10 Å². The fourth-order valence-electron chi connectivity index (χ4n) is 1.91. The summed E-state index contributed by atoms with van der Waals surface area (Å²) in [6, 6.07) is 17.1. The molecular formula is C17H15ClO2. The van der Waals surface area contributed by atoms with Gasteiger partial charge in [-0.25, -0.2) is 0 Å². The SMILES string of the molecule is O=Cc1cccc(OC(C=CCl)Cc2ccccc2)c1. The fraction of sp³-hybridized carbons (Fsp3) is 0.118. The van der Waals surface area contributed by atoms with Crippen molar-refractivity contribution < 1.29 is 9.53 Å². The van der Waals surface area contributed by atoms with Gasteiger partial charge >= 0.3 is 0 Å². The maximum absolute atomic E-state index is 10.8. The van der Waals surface area contributed by atoms with Crippen molar-refractivity contribution in [3.05, 3.63) is 77.3 Å². The highest BCUT2D eigenvalue weighted by molar-refractivity contribution is 6.25. The van der Waals surface area contributed by atoms with Crippen molar-refractivity contribution in [1.29, 1.82) is 0 Å². The van der Waals surface area contributed by atoms with E-state index in [0.717, 1.165) is 12.7 Å². The van der Waals surface area contributed by atoms with E-state index in [1.807, 2.05) is 36.4 Å². The molecular weight excluding hydrogens is 272 g/mol. The van der Waals surface area contributed by atoms with E-state index in [2.05, 4.69) is 0 Å². The van der Waals surface area contributed by atoms with E-state index in [1.165, 1.54) is 11.1 Å². The van der Waals surface area contributed by atoms with E-state index in [4.69, 9.17) is 16.3 Å². The number of carbonyl (C=O) groups excluding carboxylic acids is 1. The van der Waals surface area contributed by atoms with Gasteiger partial charge in [-0.2, -0.15) is 0 Å². The quantitative estimate of drug-likeness (QED) is 0.742. The lowest BCUT2D eigenvalue weighted by molar-refractivity contribution is 0.112. The molecule has 0 aliphatic heterocycles. The number of benzene rings is 2. The van der Waals surface area contributed by atoms with Gasteiger partial charge in [0.25, 0.3) is 0 Å². The molecule has 0 spiro atoms. The predicted octanol–water partition coefficient (Wildman–Crippen LogP) is 4.24. The summed E-state index contributed by atoms with van der Waals surface area (Å²) in [4.78, 5) is 10.8. The van der Waals surface area contributed by atoms with Crippen LogP contribution in [0.1, 0.15) is 15.9 Å². The molecule has 2 nitrogen and oxygen atoms in total. The van der Waals surface area contributed by atoms with Crippen LogP contribution in [-0.4, -0.2) is 12.4 Å². The average Bonchev–Trinajstić information content (AvgIpc) is 2.49. The number of hydrogen-bond acceptors (Lipinski definition) is 2. The molecule has 0 bridgehead atoms. The first-order valence-corrected chi connectivity index (χ1v) is 6.78. The lowest BCUT2D eigenvalue weighted by atomic mass is 10.1. The standard InChI is InChI=1S/C17H15ClO2/c18-10-9-17(11-14-5-2-1-3-6-14)20-16-8-4-7-15(12-16)13-19/h1-10,12-13,17H,11H2. The molecule has 0 amide bonds. The minimum atomic E-state index is -0.170. The van der Waals surface area contributed by atoms with Gasteiger partial charge in [-0.05, 0) is 23.8 Å². The molecule has 20 heavy (non-hydrogen) atoms. The number of carbonyl (C=O) groups is 1. The molecule has 0 aromatic heterocycles. The Bertz CT molecular complexity index is 579. The van der Waals surface area contributed by atoms with Crippen LogP contribution in [0.4, 0.5) is 0 Å². The van der Waals surface area contributed by atoms with Crippen LogP contribution in [0.5, 0.6) is 5.75 Å². The van der Waals surface area contributed by atoms with Crippen molar-refractivity contribution in [2.45, 2.75) is 12.5 Å². The van der Waals surface area contributed by atoms with Gasteiger partial charge in [0.1, 0.15) is 18.1 Å². The van der Waals surface area contributed by atoms with Crippen molar-refractivity contribution in [1.82, 2.24) is 0 Å². The van der Waals surface area contributed by atoms with Crippen LogP contribution in [-0.2, 0) is 6.42 Å². The molecule has 0 saturated heterocycles. The normalized spacial score (nSPS) is 12.2. The molecule has 0 aliphatic carbocycles. The summed E-state index contributed by atoms with van der Waals surface area (Å²) in [5.41, 5.74) is 3.21. The molecule has 0 N–H and O–H groups in total. The Morgan fingerprint density at radius 3 is 2.60 bits per heavy atom. The minimum absolute atomic E-state index is 0.170. The molecule has 0 aliphatic rings. The Kier molecular flexibility index (Phi) is 5.39. The predicted molar refractivity (Wildman–Crippen MR) is 81.4 cm³/mol. The lowest BCUT2D eigenvalue weighted by Gasteiger charge is -2.16. The van der Waals surface area contributed by atoms with E-state index in [1.54, 1.807) is 24.3 Å². The Morgan fingerprint density at radius 1 is 1.10 bits per heavy atom. The van der Waals surface area contributed by atoms with E-state index in [0.29, 0.717) is 11.3 Å². The van der Waals surface area contributed by atoms with Gasteiger partial charge in [0.05, 0.1) is 0 Å². The summed E-state index contributed by atoms with van der Waals surface area (Å²) in [6.07, 6.45) is 3.14. The summed E-state index contributed by atoms with van der Waals surface area (Å²) < 4.78 is 5.87. The zero-order valence-corrected chi connectivity index (χ0v) is 11.7. The van der Waals surface area contributed by atoms with E-state index in [9.17, 15) is 4.79 Å². The van der Waals surface area contributed by atoms with Gasteiger partial charge < -0.3 is 4.74 Å². The van der Waals surface area contributed by atoms with Crippen molar-refractivity contribution in [3.8, 4) is 5.75 Å². The summed E-state index contributed by atoms with van der Waals surface area (Å²) in [5, 5.41) is 0. The first-order chi connectivity index (χ1) is 9.81. The average molecular weight is 287 g/mol. The third kappa shape index (κ3) is 4.25. The second-order valence-corrected chi connectivity index (χ2v) is 4.61. The first kappa shape index (κ1) is 14.4. The van der Waals surface area contributed by atoms with Crippen LogP contribution in [0.15, 0.2) is 66.2 Å². The summed E-state index contributed by atoms with van der Waals surface area (Å²) in [7, 11) is 0. The van der Waals surface area contributed by atoms with Gasteiger partial charge in [-0.15, -0.1) is 0 Å². The monoisotopic (exact) mass is 286 g/mol. The molecule has 102 valence electrons. The molecule has 0 radical (unpaired) electrons. The van der Waals surface area contributed by atoms with Crippen molar-refractivity contribution in [2.75, 3.05) is 0 Å². The maximum Gasteiger partial charge on any atom is 0.150 e. The lowest BCUT2D eigenvalue weighted by Crippen LogP contribution is -2.16. The molecule has 2 aromatic carbocycles. The fourth-order valence-corrected chi connectivity index (χ4v) is 2.07. The molecule has 1 atom stereocenters. The number of halogens is 1. The number of rotatable bonds is 6. The zero-order valence-electron chi connectivity index (χ0n) is 10.9. The van der Waals surface area contributed by atoms with Gasteiger partial charge in [0, 0.05) is 17.5 Å². The third-order valence-corrected chi connectivity index (χ3v) is 2.99. The van der Waals surface area contributed by atoms with Crippen molar-refractivity contribution in [3.63, 3.8) is 0 Å². The molecule has 3 heteroatoms. The minimum Gasteiger partial charge on any atom is -0.486 e. The van der Waals surface area contributed by atoms with Crippen LogP contribution in [0.2, 0.25) is 0 Å². The van der Waals surface area contributed by atoms with E-state index >= 15 is 0 Å². The van der Waals surface area contributed by atoms with Crippen molar-refractivity contribution in [2.24, 2.45) is 0 Å². The summed E-state index contributed by atoms with van der Waals surface area (Å²) in [5.74, 6) is 0.658. The topological polar surface area (TPSA) is 26.3 Å². The van der Waals surface area contributed by atoms with Gasteiger partial charge in [0.15, 0.2) is 0 Å². The van der Waals surface area contributed by atoms with Crippen LogP contribution in [0, 0.1) is 0 Å². The zero-order chi connectivity index (χ0) is 14.2. The molecule has 2 aromatic rings. The highest BCUT2D eigenvalue weighted by atomic mass is 35.5. The van der Waals surface area contributed by atoms with Gasteiger partial charge in [-0.3, -0.25) is 4.79 Å². The van der Waals surface area contributed by atoms with E-state index < -0.39 is 0 Å². The van der Waals surface area contributed by atoms with Crippen LogP contribution < -0.4 is 4.74 Å². The van der Waals surface area contributed by atoms with Crippen LogP contribution >= 0.6 is 11.6 Å². The Labute approximate surface area is 123 Å². The summed E-state index contributed by atoms with van der Waals surface area (Å²) in [6.45, 7) is 0. The number of hydrogen-bond donors (Lipinski definition) is 0. The Morgan fingerprint density at radius 2 is 1.90 bits per heavy atom. The summed E-state index contributed by atoms with van der Waals surface area (Å²) >= 11 is 5.67. The van der Waals surface area contributed by atoms with Crippen LogP contribution in [0.25, 0.3) is 0 Å². The third-order valence-electron chi connectivity index (χ3n) is 2.85. The van der Waals surface area contributed by atoms with Gasteiger partial charge in [0.2, 0.25) is 0 Å². The van der Waals surface area contributed by atoms with Crippen LogP contribution in [0.3, 0.4) is 0 Å². The molecule has 0 heterocycles. The number of ether oxygens (including phenoxy) is 1. The largest absolute Gasteiger partial charge is 0.486 e. The second kappa shape index (κ2) is 7.51. The first-order valence-electron chi connectivity index (χ1n) is 6.34.